The van der Waals surface area contributed by atoms with Crippen molar-refractivity contribution in [2.75, 3.05) is 0 Å². The predicted molar refractivity (Wildman–Crippen MR) is 53.7 cm³/mol. The normalized spacial score (nSPS) is 10.7. The summed E-state index contributed by atoms with van der Waals surface area (Å²) in [6, 6.07) is 0. The summed E-state index contributed by atoms with van der Waals surface area (Å²) in [6.07, 6.45) is 6.07. The van der Waals surface area contributed by atoms with Crippen molar-refractivity contribution in [1.82, 2.24) is 0 Å². The third-order valence-electron chi connectivity index (χ3n) is 1.47. The van der Waals surface area contributed by atoms with Crippen molar-refractivity contribution in [2.24, 2.45) is 0 Å². The van der Waals surface area contributed by atoms with Crippen LogP contribution in [0.4, 0.5) is 0 Å². The first-order valence-corrected chi connectivity index (χ1v) is 5.06. The molecule has 0 saturated carbocycles. The van der Waals surface area contributed by atoms with Gasteiger partial charge in [-0.3, -0.25) is 0 Å². The Hall–Kier alpha value is 0.155. The van der Waals surface area contributed by atoms with Gasteiger partial charge in [-0.25, -0.2) is 0 Å². The minimum Gasteiger partial charge on any atom is -0.184 e. The van der Waals surface area contributed by atoms with Crippen molar-refractivity contribution < 1.29 is 0 Å². The van der Waals surface area contributed by atoms with E-state index in [0.717, 1.165) is 5.99 Å². The fourth-order valence-electron chi connectivity index (χ4n) is 0.880. The summed E-state index contributed by atoms with van der Waals surface area (Å²) in [7, 11) is 0. The monoisotopic (exact) mass is 156 g/mol. The minimum atomic E-state index is 0.848. The summed E-state index contributed by atoms with van der Waals surface area (Å²) < 4.78 is 0. The molecule has 0 atom stereocenters. The highest BCUT2D eigenvalue weighted by Crippen LogP contribution is 2.17. The van der Waals surface area contributed by atoms with Crippen LogP contribution in [0, 0.1) is 0 Å². The smallest absolute Gasteiger partial charge is 0.184 e. The first-order valence-electron chi connectivity index (χ1n) is 4.11. The lowest BCUT2D eigenvalue weighted by atomic mass is 9.68. The lowest BCUT2D eigenvalue weighted by Gasteiger charge is -2.04. The molecule has 0 aromatic carbocycles. The molecule has 0 spiro atoms. The van der Waals surface area contributed by atoms with Crippen LogP contribution < -0.4 is 0 Å². The average Bonchev–Trinajstić information content (AvgIpc) is 1.98. The quantitative estimate of drug-likeness (QED) is 0.547. The van der Waals surface area contributed by atoms with Gasteiger partial charge in [-0.05, 0) is 12.3 Å². The highest BCUT2D eigenvalue weighted by atomic mass is 32.2. The van der Waals surface area contributed by atoms with Gasteiger partial charge in [0.05, 0.1) is 0 Å². The zero-order valence-electron chi connectivity index (χ0n) is 7.26. The average molecular weight is 156 g/mol. The van der Waals surface area contributed by atoms with Crippen molar-refractivity contribution in [1.29, 1.82) is 0 Å². The Bertz CT molecular complexity index is 91.3. The van der Waals surface area contributed by atoms with E-state index >= 15 is 0 Å². The Morgan fingerprint density at radius 2 is 2.10 bits per heavy atom. The van der Waals surface area contributed by atoms with Crippen molar-refractivity contribution in [2.45, 2.75) is 39.8 Å². The molecule has 0 saturated heterocycles. The molecule has 2 heteroatoms. The van der Waals surface area contributed by atoms with E-state index < -0.39 is 0 Å². The SMILES string of the molecule is CC=CSB(CC)CCC. The van der Waals surface area contributed by atoms with E-state index in [4.69, 9.17) is 0 Å². The summed E-state index contributed by atoms with van der Waals surface area (Å²) in [5.41, 5.74) is 0. The van der Waals surface area contributed by atoms with Crippen molar-refractivity contribution >= 4 is 17.6 Å². The van der Waals surface area contributed by atoms with Gasteiger partial charge in [-0.15, -0.1) is 0 Å². The summed E-state index contributed by atoms with van der Waals surface area (Å²) in [4.78, 5) is 0. The van der Waals surface area contributed by atoms with Crippen molar-refractivity contribution in [3.8, 4) is 0 Å². The van der Waals surface area contributed by atoms with Crippen molar-refractivity contribution in [3.05, 3.63) is 11.5 Å². The van der Waals surface area contributed by atoms with Gasteiger partial charge in [0.15, 0.2) is 0 Å². The van der Waals surface area contributed by atoms with Crippen LogP contribution in [-0.2, 0) is 0 Å². The zero-order valence-corrected chi connectivity index (χ0v) is 8.08. The maximum absolute atomic E-state index is 2.26. The molecule has 0 fully saturated rings. The van der Waals surface area contributed by atoms with Gasteiger partial charge in [-0.1, -0.05) is 39.0 Å². The third kappa shape index (κ3) is 4.98. The highest BCUT2D eigenvalue weighted by Gasteiger charge is 2.07. The van der Waals surface area contributed by atoms with Gasteiger partial charge in [0.1, 0.15) is 0 Å². The third-order valence-corrected chi connectivity index (χ3v) is 2.86. The largest absolute Gasteiger partial charge is 0.214 e. The number of hydrogen-bond acceptors (Lipinski definition) is 1. The summed E-state index contributed by atoms with van der Waals surface area (Å²) in [6.45, 7) is 6.58. The van der Waals surface area contributed by atoms with Crippen LogP contribution >= 0.6 is 11.6 Å². The van der Waals surface area contributed by atoms with Gasteiger partial charge in [0.2, 0.25) is 5.99 Å². The molecule has 0 aliphatic rings. The number of rotatable bonds is 5. The molecule has 0 radical (unpaired) electrons. The lowest BCUT2D eigenvalue weighted by molar-refractivity contribution is 1.06. The second-order valence-corrected chi connectivity index (χ2v) is 3.64. The van der Waals surface area contributed by atoms with Gasteiger partial charge in [0.25, 0.3) is 0 Å². The van der Waals surface area contributed by atoms with Crippen molar-refractivity contribution in [3.63, 3.8) is 0 Å². The maximum atomic E-state index is 2.26. The van der Waals surface area contributed by atoms with Crippen LogP contribution in [-0.4, -0.2) is 5.99 Å². The standard InChI is InChI=1S/C8H17BS/c1-4-7-9(6-3)10-8-5-2/h5,8H,4,6-7H2,1-3H3. The van der Waals surface area contributed by atoms with Crippen LogP contribution in [0.5, 0.6) is 0 Å². The number of allylic oxidation sites excluding steroid dienone is 1. The summed E-state index contributed by atoms with van der Waals surface area (Å²) in [5.74, 6) is 0.848. The molecule has 10 heavy (non-hydrogen) atoms. The molecule has 0 amide bonds. The number of hydrogen-bond donors (Lipinski definition) is 0. The van der Waals surface area contributed by atoms with E-state index in [2.05, 4.69) is 32.3 Å². The second-order valence-electron chi connectivity index (χ2n) is 2.42. The van der Waals surface area contributed by atoms with Crippen LogP contribution in [0.3, 0.4) is 0 Å². The van der Waals surface area contributed by atoms with Crippen LogP contribution in [0.15, 0.2) is 11.5 Å². The Balaban J connectivity index is 3.39. The minimum absolute atomic E-state index is 0.848. The maximum Gasteiger partial charge on any atom is 0.214 e. The Morgan fingerprint density at radius 3 is 2.50 bits per heavy atom. The first kappa shape index (κ1) is 10.2. The molecule has 0 unspecified atom stereocenters. The van der Waals surface area contributed by atoms with E-state index in [-0.39, 0.29) is 0 Å². The summed E-state index contributed by atoms with van der Waals surface area (Å²) in [5, 5.41) is 2.20. The van der Waals surface area contributed by atoms with E-state index in [1.54, 1.807) is 0 Å². The molecule has 0 nitrogen and oxygen atoms in total. The van der Waals surface area contributed by atoms with Crippen LogP contribution in [0.1, 0.15) is 27.2 Å². The Morgan fingerprint density at radius 1 is 1.40 bits per heavy atom. The van der Waals surface area contributed by atoms with E-state index in [9.17, 15) is 0 Å². The predicted octanol–water partition coefficient (Wildman–Crippen LogP) is 3.67. The molecule has 0 heterocycles. The Labute approximate surface area is 69.4 Å². The van der Waals surface area contributed by atoms with Gasteiger partial charge in [0, 0.05) is 0 Å². The van der Waals surface area contributed by atoms with E-state index in [1.165, 1.54) is 19.1 Å². The second kappa shape index (κ2) is 7.26. The van der Waals surface area contributed by atoms with Gasteiger partial charge in [-0.2, -0.15) is 11.6 Å². The van der Waals surface area contributed by atoms with E-state index in [0.29, 0.717) is 0 Å². The Kier molecular flexibility index (Phi) is 7.38. The highest BCUT2D eigenvalue weighted by molar-refractivity contribution is 8.27. The molecule has 0 aliphatic heterocycles. The molecular formula is C8H17BS. The molecule has 58 valence electrons. The molecular weight excluding hydrogens is 139 g/mol. The molecule has 0 N–H and O–H groups in total. The van der Waals surface area contributed by atoms with Gasteiger partial charge < -0.3 is 0 Å². The topological polar surface area (TPSA) is 0 Å². The molecule has 0 aromatic heterocycles. The fraction of sp³-hybridized carbons (Fsp3) is 0.750. The fourth-order valence-corrected chi connectivity index (χ4v) is 1.82. The first-order chi connectivity index (χ1) is 4.85. The molecule has 0 bridgehead atoms. The van der Waals surface area contributed by atoms with Crippen LogP contribution in [0.2, 0.25) is 12.6 Å². The van der Waals surface area contributed by atoms with Gasteiger partial charge >= 0.3 is 0 Å². The molecule has 0 aliphatic carbocycles. The lowest BCUT2D eigenvalue weighted by Crippen LogP contribution is -2.02. The molecule has 0 rings (SSSR count). The van der Waals surface area contributed by atoms with Crippen LogP contribution in [0.25, 0.3) is 0 Å². The zero-order chi connectivity index (χ0) is 7.82. The summed E-state index contributed by atoms with van der Waals surface area (Å²) >= 11 is 1.97. The molecule has 0 aromatic rings. The van der Waals surface area contributed by atoms with E-state index in [1.807, 2.05) is 11.6 Å².